The lowest BCUT2D eigenvalue weighted by atomic mass is 9.99. The van der Waals surface area contributed by atoms with E-state index in [-0.39, 0.29) is 27.6 Å². The highest BCUT2D eigenvalue weighted by Gasteiger charge is 2.21. The normalized spacial score (nSPS) is 11.3. The van der Waals surface area contributed by atoms with Crippen molar-refractivity contribution in [2.75, 3.05) is 4.72 Å². The Balaban J connectivity index is 2.07. The molecule has 0 atom stereocenters. The highest BCUT2D eigenvalue weighted by Crippen LogP contribution is 2.26. The summed E-state index contributed by atoms with van der Waals surface area (Å²) in [6.07, 6.45) is 0. The van der Waals surface area contributed by atoms with Crippen molar-refractivity contribution in [3.63, 3.8) is 0 Å². The van der Waals surface area contributed by atoms with Crippen LogP contribution in [0.3, 0.4) is 0 Å². The number of benzene rings is 2. The first-order valence-corrected chi connectivity index (χ1v) is 10.3. The van der Waals surface area contributed by atoms with E-state index in [1.54, 1.807) is 61.5 Å². The van der Waals surface area contributed by atoms with Gasteiger partial charge < -0.3 is 0 Å². The van der Waals surface area contributed by atoms with Gasteiger partial charge in [0.15, 0.2) is 0 Å². The number of ketones is 1. The number of aromatic nitrogens is 1. The maximum Gasteiger partial charge on any atom is 0.261 e. The zero-order valence-corrected chi connectivity index (χ0v) is 17.1. The molecular formula is C22H22N2O3S. The number of nitrogens with one attached hydrogen (secondary N) is 1. The molecule has 1 N–H and O–H groups in total. The first kappa shape index (κ1) is 19.8. The van der Waals surface area contributed by atoms with Crippen molar-refractivity contribution >= 4 is 21.5 Å². The van der Waals surface area contributed by atoms with Gasteiger partial charge in [0.2, 0.25) is 5.78 Å². The van der Waals surface area contributed by atoms with Crippen LogP contribution in [-0.4, -0.2) is 19.2 Å². The van der Waals surface area contributed by atoms with Crippen LogP contribution in [0.25, 0.3) is 0 Å². The summed E-state index contributed by atoms with van der Waals surface area (Å²) in [7, 11) is -3.83. The third-order valence-corrected chi connectivity index (χ3v) is 5.96. The Kier molecular flexibility index (Phi) is 5.34. The molecule has 0 spiro atoms. The van der Waals surface area contributed by atoms with Crippen LogP contribution in [0.1, 0.15) is 38.4 Å². The lowest BCUT2D eigenvalue weighted by Gasteiger charge is -2.15. The van der Waals surface area contributed by atoms with Gasteiger partial charge in [-0.2, -0.15) is 0 Å². The van der Waals surface area contributed by atoms with Crippen molar-refractivity contribution in [2.24, 2.45) is 0 Å². The standard InChI is InChI=1S/C22H22N2O3S/c1-14-8-10-18(11-9-14)28(26,27)24-21-13-16(3)15(2)12-19(21)22(25)20-7-5-6-17(4)23-20/h5-13,24H,1-4H3. The minimum atomic E-state index is -3.83. The second-order valence-electron chi connectivity index (χ2n) is 6.89. The molecule has 2 aromatic carbocycles. The lowest BCUT2D eigenvalue weighted by molar-refractivity contribution is 0.103. The summed E-state index contributed by atoms with van der Waals surface area (Å²) in [5.74, 6) is -0.326. The third kappa shape index (κ3) is 4.12. The van der Waals surface area contributed by atoms with E-state index < -0.39 is 10.0 Å². The molecule has 5 nitrogen and oxygen atoms in total. The molecule has 0 radical (unpaired) electrons. The minimum absolute atomic E-state index is 0.142. The predicted octanol–water partition coefficient (Wildman–Crippen LogP) is 4.35. The number of hydrogen-bond acceptors (Lipinski definition) is 4. The second-order valence-corrected chi connectivity index (χ2v) is 8.58. The predicted molar refractivity (Wildman–Crippen MR) is 110 cm³/mol. The van der Waals surface area contributed by atoms with Crippen molar-refractivity contribution in [3.8, 4) is 0 Å². The third-order valence-electron chi connectivity index (χ3n) is 4.58. The maximum absolute atomic E-state index is 13.1. The summed E-state index contributed by atoms with van der Waals surface area (Å²) in [4.78, 5) is 17.5. The molecular weight excluding hydrogens is 372 g/mol. The summed E-state index contributed by atoms with van der Waals surface area (Å²) >= 11 is 0. The van der Waals surface area contributed by atoms with E-state index in [9.17, 15) is 13.2 Å². The number of pyridine rings is 1. The lowest BCUT2D eigenvalue weighted by Crippen LogP contribution is -2.17. The van der Waals surface area contributed by atoms with Gasteiger partial charge in [-0.1, -0.05) is 23.8 Å². The Hall–Kier alpha value is -2.99. The molecule has 0 aliphatic heterocycles. The number of rotatable bonds is 5. The van der Waals surface area contributed by atoms with E-state index in [0.717, 1.165) is 22.4 Å². The second kappa shape index (κ2) is 7.56. The van der Waals surface area contributed by atoms with Gasteiger partial charge in [0.25, 0.3) is 10.0 Å². The Labute approximate surface area is 165 Å². The van der Waals surface area contributed by atoms with Gasteiger partial charge in [-0.05, 0) is 75.2 Å². The van der Waals surface area contributed by atoms with Crippen molar-refractivity contribution in [1.29, 1.82) is 0 Å². The Morgan fingerprint density at radius 1 is 0.893 bits per heavy atom. The van der Waals surface area contributed by atoms with E-state index in [4.69, 9.17) is 0 Å². The van der Waals surface area contributed by atoms with Crippen molar-refractivity contribution < 1.29 is 13.2 Å². The quantitative estimate of drug-likeness (QED) is 0.653. The summed E-state index contributed by atoms with van der Waals surface area (Å²) in [5, 5.41) is 0. The molecule has 0 saturated heterocycles. The van der Waals surface area contributed by atoms with E-state index >= 15 is 0 Å². The smallest absolute Gasteiger partial charge is 0.261 e. The highest BCUT2D eigenvalue weighted by molar-refractivity contribution is 7.92. The van der Waals surface area contributed by atoms with Gasteiger partial charge >= 0.3 is 0 Å². The molecule has 1 heterocycles. The molecule has 0 saturated carbocycles. The Morgan fingerprint density at radius 2 is 1.54 bits per heavy atom. The molecule has 3 rings (SSSR count). The number of hydrogen-bond donors (Lipinski definition) is 1. The van der Waals surface area contributed by atoms with Gasteiger partial charge in [0, 0.05) is 11.3 Å². The number of sulfonamides is 1. The molecule has 1 aromatic heterocycles. The monoisotopic (exact) mass is 394 g/mol. The summed E-state index contributed by atoms with van der Waals surface area (Å²) < 4.78 is 28.3. The molecule has 0 unspecified atom stereocenters. The van der Waals surface area contributed by atoms with Crippen molar-refractivity contribution in [2.45, 2.75) is 32.6 Å². The van der Waals surface area contributed by atoms with Crippen LogP contribution in [0.4, 0.5) is 5.69 Å². The first-order valence-electron chi connectivity index (χ1n) is 8.86. The fourth-order valence-corrected chi connectivity index (χ4v) is 3.89. The zero-order valence-electron chi connectivity index (χ0n) is 16.3. The fraction of sp³-hybridized carbons (Fsp3) is 0.182. The minimum Gasteiger partial charge on any atom is -0.287 e. The largest absolute Gasteiger partial charge is 0.287 e. The Morgan fingerprint density at radius 3 is 2.18 bits per heavy atom. The molecule has 28 heavy (non-hydrogen) atoms. The Bertz CT molecular complexity index is 1150. The van der Waals surface area contributed by atoms with E-state index in [1.165, 1.54) is 0 Å². The molecule has 0 aliphatic rings. The number of carbonyl (C=O) groups is 1. The summed E-state index contributed by atoms with van der Waals surface area (Å²) in [5.41, 5.74) is 4.26. The van der Waals surface area contributed by atoms with Crippen molar-refractivity contribution in [1.82, 2.24) is 4.98 Å². The molecule has 0 bridgehead atoms. The topological polar surface area (TPSA) is 76.1 Å². The van der Waals surface area contributed by atoms with Crippen LogP contribution in [0, 0.1) is 27.7 Å². The van der Waals surface area contributed by atoms with Gasteiger partial charge in [-0.3, -0.25) is 9.52 Å². The van der Waals surface area contributed by atoms with Crippen LogP contribution in [0.2, 0.25) is 0 Å². The number of carbonyl (C=O) groups excluding carboxylic acids is 1. The molecule has 3 aromatic rings. The van der Waals surface area contributed by atoms with E-state index in [2.05, 4.69) is 9.71 Å². The van der Waals surface area contributed by atoms with Crippen LogP contribution >= 0.6 is 0 Å². The highest BCUT2D eigenvalue weighted by atomic mass is 32.2. The van der Waals surface area contributed by atoms with Gasteiger partial charge in [0.05, 0.1) is 10.6 Å². The molecule has 0 aliphatic carbocycles. The zero-order chi connectivity index (χ0) is 20.5. The molecule has 0 fully saturated rings. The fourth-order valence-electron chi connectivity index (χ4n) is 2.82. The van der Waals surface area contributed by atoms with Gasteiger partial charge in [-0.25, -0.2) is 13.4 Å². The van der Waals surface area contributed by atoms with Crippen LogP contribution in [0.5, 0.6) is 0 Å². The SMILES string of the molecule is Cc1ccc(S(=O)(=O)Nc2cc(C)c(C)cc2C(=O)c2cccc(C)n2)cc1. The summed E-state index contributed by atoms with van der Waals surface area (Å²) in [6, 6.07) is 15.1. The number of aryl methyl sites for hydroxylation is 4. The summed E-state index contributed by atoms with van der Waals surface area (Å²) in [6.45, 7) is 7.45. The average Bonchev–Trinajstić information content (AvgIpc) is 2.64. The van der Waals surface area contributed by atoms with Crippen molar-refractivity contribution in [3.05, 3.63) is 88.2 Å². The number of nitrogens with zero attached hydrogens (tertiary/aromatic N) is 1. The average molecular weight is 394 g/mol. The molecule has 144 valence electrons. The molecule has 6 heteroatoms. The maximum atomic E-state index is 13.1. The van der Waals surface area contributed by atoms with E-state index in [0.29, 0.717) is 0 Å². The number of anilines is 1. The first-order chi connectivity index (χ1) is 13.2. The van der Waals surface area contributed by atoms with Gasteiger partial charge in [-0.15, -0.1) is 0 Å². The van der Waals surface area contributed by atoms with Gasteiger partial charge in [0.1, 0.15) is 5.69 Å². The molecule has 0 amide bonds. The van der Waals surface area contributed by atoms with Crippen LogP contribution < -0.4 is 4.72 Å². The van der Waals surface area contributed by atoms with Crippen LogP contribution in [0.15, 0.2) is 59.5 Å². The van der Waals surface area contributed by atoms with Crippen LogP contribution in [-0.2, 0) is 10.0 Å². The van der Waals surface area contributed by atoms with E-state index in [1.807, 2.05) is 20.8 Å².